The lowest BCUT2D eigenvalue weighted by atomic mass is 9.97. The van der Waals surface area contributed by atoms with E-state index in [-0.39, 0.29) is 11.9 Å². The van der Waals surface area contributed by atoms with Crippen LogP contribution in [-0.4, -0.2) is 39.8 Å². The molecule has 0 aromatic heterocycles. The van der Waals surface area contributed by atoms with Crippen molar-refractivity contribution in [1.29, 1.82) is 0 Å². The third kappa shape index (κ3) is 5.13. The molecule has 0 aliphatic rings. The number of benzene rings is 3. The van der Waals surface area contributed by atoms with Gasteiger partial charge in [-0.05, 0) is 42.3 Å². The van der Waals surface area contributed by atoms with Crippen molar-refractivity contribution in [3.63, 3.8) is 0 Å². The smallest absolute Gasteiger partial charge is 0.303 e. The zero-order chi connectivity index (χ0) is 22.6. The molecule has 0 spiro atoms. The van der Waals surface area contributed by atoms with Crippen molar-refractivity contribution >= 4 is 21.8 Å². The molecule has 1 amide bonds. The number of nitrogens with zero attached hydrogens (tertiary/aromatic N) is 2. The van der Waals surface area contributed by atoms with Crippen molar-refractivity contribution in [3.8, 4) is 0 Å². The monoisotopic (exact) mass is 437 g/mol. The van der Waals surface area contributed by atoms with Crippen LogP contribution in [0.25, 0.3) is 0 Å². The summed E-state index contributed by atoms with van der Waals surface area (Å²) < 4.78 is 26.9. The summed E-state index contributed by atoms with van der Waals surface area (Å²) in [5, 5.41) is 3.10. The minimum Gasteiger partial charge on any atom is -0.341 e. The Bertz CT molecular complexity index is 1130. The van der Waals surface area contributed by atoms with Gasteiger partial charge in [-0.1, -0.05) is 60.2 Å². The number of nitrogens with one attached hydrogen (secondary N) is 1. The average Bonchev–Trinajstić information content (AvgIpc) is 2.78. The maximum Gasteiger partial charge on any atom is 0.303 e. The van der Waals surface area contributed by atoms with Gasteiger partial charge in [0.25, 0.3) is 5.91 Å². The molecular weight excluding hydrogens is 410 g/mol. The van der Waals surface area contributed by atoms with E-state index in [9.17, 15) is 13.2 Å². The van der Waals surface area contributed by atoms with Crippen LogP contribution in [0, 0.1) is 6.92 Å². The second kappa shape index (κ2) is 9.32. The van der Waals surface area contributed by atoms with E-state index in [0.717, 1.165) is 21.0 Å². The summed E-state index contributed by atoms with van der Waals surface area (Å²) in [6, 6.07) is 24.1. The Kier molecular flexibility index (Phi) is 6.77. The van der Waals surface area contributed by atoms with Crippen molar-refractivity contribution < 1.29 is 13.2 Å². The molecule has 0 unspecified atom stereocenters. The predicted octanol–water partition coefficient (Wildman–Crippen LogP) is 3.76. The highest BCUT2D eigenvalue weighted by molar-refractivity contribution is 7.90. The number of hydrogen-bond donors (Lipinski definition) is 1. The molecule has 0 saturated heterocycles. The first kappa shape index (κ1) is 22.5. The molecule has 0 saturated carbocycles. The third-order valence-electron chi connectivity index (χ3n) is 5.12. The molecule has 0 radical (unpaired) electrons. The van der Waals surface area contributed by atoms with Crippen LogP contribution in [0.1, 0.15) is 33.1 Å². The number of aryl methyl sites for hydroxylation is 1. The van der Waals surface area contributed by atoms with Gasteiger partial charge in [0.15, 0.2) is 0 Å². The van der Waals surface area contributed by atoms with Crippen LogP contribution in [-0.2, 0) is 10.2 Å². The molecule has 3 aromatic rings. The topological polar surface area (TPSA) is 69.7 Å². The number of anilines is 1. The molecule has 3 aromatic carbocycles. The average molecular weight is 438 g/mol. The van der Waals surface area contributed by atoms with Crippen molar-refractivity contribution in [2.24, 2.45) is 0 Å². The first-order valence-electron chi connectivity index (χ1n) is 9.89. The van der Waals surface area contributed by atoms with E-state index in [2.05, 4.69) is 5.32 Å². The van der Waals surface area contributed by atoms with Crippen LogP contribution in [0.3, 0.4) is 0 Å². The summed E-state index contributed by atoms with van der Waals surface area (Å²) in [5.41, 5.74) is 4.04. The fraction of sp³-hybridized carbons (Fsp3) is 0.208. The predicted molar refractivity (Wildman–Crippen MR) is 124 cm³/mol. The number of rotatable bonds is 7. The van der Waals surface area contributed by atoms with Crippen LogP contribution in [0.4, 0.5) is 5.69 Å². The molecule has 162 valence electrons. The standard InChI is InChI=1S/C24H27N3O3S/c1-18-10-12-20(13-11-18)23(19-8-6-5-7-9-19)25-24(28)21-14-16-22(17-15-21)27(4)31(29,30)26(2)3/h5-17,23H,1-4H3,(H,25,28)/t23-/m0/s1. The Hall–Kier alpha value is -3.16. The molecular formula is C24H27N3O3S. The maximum absolute atomic E-state index is 13.0. The second-order valence-corrected chi connectivity index (χ2v) is 9.71. The number of amides is 1. The first-order valence-corrected chi connectivity index (χ1v) is 11.3. The van der Waals surface area contributed by atoms with Gasteiger partial charge < -0.3 is 5.32 Å². The maximum atomic E-state index is 13.0. The van der Waals surface area contributed by atoms with E-state index in [1.807, 2.05) is 61.5 Å². The number of hydrogen-bond acceptors (Lipinski definition) is 3. The molecule has 6 nitrogen and oxygen atoms in total. The van der Waals surface area contributed by atoms with E-state index in [4.69, 9.17) is 0 Å². The van der Waals surface area contributed by atoms with Gasteiger partial charge in [0.1, 0.15) is 0 Å². The third-order valence-corrected chi connectivity index (χ3v) is 6.95. The molecule has 0 heterocycles. The van der Waals surface area contributed by atoms with Crippen LogP contribution >= 0.6 is 0 Å². The molecule has 0 aliphatic heterocycles. The summed E-state index contributed by atoms with van der Waals surface area (Å²) in [6.07, 6.45) is 0. The van der Waals surface area contributed by atoms with E-state index >= 15 is 0 Å². The summed E-state index contributed by atoms with van der Waals surface area (Å²) >= 11 is 0. The lowest BCUT2D eigenvalue weighted by molar-refractivity contribution is 0.0943. The van der Waals surface area contributed by atoms with E-state index in [0.29, 0.717) is 11.3 Å². The van der Waals surface area contributed by atoms with Gasteiger partial charge in [0.2, 0.25) is 0 Å². The zero-order valence-electron chi connectivity index (χ0n) is 18.1. The van der Waals surface area contributed by atoms with Crippen LogP contribution in [0.15, 0.2) is 78.9 Å². The van der Waals surface area contributed by atoms with Gasteiger partial charge >= 0.3 is 10.2 Å². The van der Waals surface area contributed by atoms with Crippen molar-refractivity contribution in [1.82, 2.24) is 9.62 Å². The highest BCUT2D eigenvalue weighted by Gasteiger charge is 2.22. The molecule has 0 aliphatic carbocycles. The Morgan fingerprint density at radius 2 is 1.35 bits per heavy atom. The molecule has 1 N–H and O–H groups in total. The Morgan fingerprint density at radius 3 is 1.90 bits per heavy atom. The highest BCUT2D eigenvalue weighted by atomic mass is 32.2. The number of carbonyl (C=O) groups is 1. The van der Waals surface area contributed by atoms with E-state index < -0.39 is 10.2 Å². The first-order chi connectivity index (χ1) is 14.7. The number of carbonyl (C=O) groups excluding carboxylic acids is 1. The SMILES string of the molecule is Cc1ccc([C@@H](NC(=O)c2ccc(N(C)S(=O)(=O)N(C)C)cc2)c2ccccc2)cc1. The van der Waals surface area contributed by atoms with Crippen molar-refractivity contribution in [2.45, 2.75) is 13.0 Å². The molecule has 3 rings (SSSR count). The summed E-state index contributed by atoms with van der Waals surface area (Å²) in [7, 11) is 0.837. The Morgan fingerprint density at radius 1 is 0.806 bits per heavy atom. The van der Waals surface area contributed by atoms with Crippen molar-refractivity contribution in [2.75, 3.05) is 25.4 Å². The van der Waals surface area contributed by atoms with Gasteiger partial charge in [-0.3, -0.25) is 9.10 Å². The van der Waals surface area contributed by atoms with Crippen LogP contribution < -0.4 is 9.62 Å². The van der Waals surface area contributed by atoms with Gasteiger partial charge in [-0.15, -0.1) is 0 Å². The lowest BCUT2D eigenvalue weighted by Crippen LogP contribution is -2.37. The summed E-state index contributed by atoms with van der Waals surface area (Å²) in [6.45, 7) is 2.02. The summed E-state index contributed by atoms with van der Waals surface area (Å²) in [4.78, 5) is 13.0. The molecule has 0 bridgehead atoms. The molecule has 0 fully saturated rings. The van der Waals surface area contributed by atoms with Gasteiger partial charge in [-0.2, -0.15) is 12.7 Å². The minimum atomic E-state index is -3.59. The minimum absolute atomic E-state index is 0.237. The van der Waals surface area contributed by atoms with Gasteiger partial charge in [0.05, 0.1) is 11.7 Å². The van der Waals surface area contributed by atoms with Crippen molar-refractivity contribution in [3.05, 3.63) is 101 Å². The normalized spacial score (nSPS) is 12.4. The highest BCUT2D eigenvalue weighted by Crippen LogP contribution is 2.24. The zero-order valence-corrected chi connectivity index (χ0v) is 18.9. The molecule has 31 heavy (non-hydrogen) atoms. The van der Waals surface area contributed by atoms with Gasteiger partial charge in [-0.25, -0.2) is 0 Å². The summed E-state index contributed by atoms with van der Waals surface area (Å²) in [5.74, 6) is -0.237. The Balaban J connectivity index is 1.84. The van der Waals surface area contributed by atoms with Crippen LogP contribution in [0.2, 0.25) is 0 Å². The van der Waals surface area contributed by atoms with E-state index in [1.165, 1.54) is 25.4 Å². The fourth-order valence-electron chi connectivity index (χ4n) is 3.18. The quantitative estimate of drug-likeness (QED) is 0.612. The van der Waals surface area contributed by atoms with Gasteiger partial charge in [0, 0.05) is 26.7 Å². The molecule has 7 heteroatoms. The Labute approximate surface area is 184 Å². The second-order valence-electron chi connectivity index (χ2n) is 7.53. The lowest BCUT2D eigenvalue weighted by Gasteiger charge is -2.23. The fourth-order valence-corrected chi connectivity index (χ4v) is 4.06. The van der Waals surface area contributed by atoms with E-state index in [1.54, 1.807) is 24.3 Å². The largest absolute Gasteiger partial charge is 0.341 e. The molecule has 1 atom stereocenters. The van der Waals surface area contributed by atoms with Crippen LogP contribution in [0.5, 0.6) is 0 Å².